The zero-order chi connectivity index (χ0) is 14.9. The van der Waals surface area contributed by atoms with Gasteiger partial charge in [0.05, 0.1) is 17.8 Å². The van der Waals surface area contributed by atoms with Crippen molar-refractivity contribution >= 4 is 0 Å². The molecule has 0 aromatic heterocycles. The summed E-state index contributed by atoms with van der Waals surface area (Å²) in [6, 6.07) is 4.61. The molecule has 1 aliphatic carbocycles. The number of hydrogen-bond acceptors (Lipinski definition) is 3. The maximum atomic E-state index is 13.8. The lowest BCUT2D eigenvalue weighted by Gasteiger charge is -2.23. The van der Waals surface area contributed by atoms with Crippen LogP contribution in [0.5, 0.6) is 5.75 Å². The van der Waals surface area contributed by atoms with Gasteiger partial charge in [-0.15, -0.1) is 0 Å². The highest BCUT2D eigenvalue weighted by atomic mass is 19.1. The SMILES string of the molecule is C[C@@H](O)c1ccc(OCC2CCC3(CCCC3)O2)cc1F. The number of aliphatic hydroxyl groups excluding tert-OH is 1. The van der Waals surface area contributed by atoms with E-state index in [2.05, 4.69) is 0 Å². The van der Waals surface area contributed by atoms with Crippen LogP contribution in [0.3, 0.4) is 0 Å². The molecular weight excluding hydrogens is 271 g/mol. The molecule has 21 heavy (non-hydrogen) atoms. The fraction of sp³-hybridized carbons (Fsp3) is 0.647. The third-order valence-corrected chi connectivity index (χ3v) is 4.71. The topological polar surface area (TPSA) is 38.7 Å². The monoisotopic (exact) mass is 294 g/mol. The molecule has 1 N–H and O–H groups in total. The standard InChI is InChI=1S/C17H23FO3/c1-12(19)15-5-4-13(10-16(15)18)20-11-14-6-9-17(21-14)7-2-3-8-17/h4-5,10,12,14,19H,2-3,6-9,11H2,1H3/t12-,14?/m1/s1. The molecule has 1 unspecified atom stereocenters. The minimum Gasteiger partial charge on any atom is -0.491 e. The molecule has 0 amide bonds. The Morgan fingerprint density at radius 1 is 1.38 bits per heavy atom. The van der Waals surface area contributed by atoms with Crippen molar-refractivity contribution < 1.29 is 19.0 Å². The number of hydrogen-bond donors (Lipinski definition) is 1. The first-order chi connectivity index (χ1) is 10.1. The summed E-state index contributed by atoms with van der Waals surface area (Å²) in [5.41, 5.74) is 0.402. The molecule has 2 aliphatic rings. The number of aliphatic hydroxyl groups is 1. The number of rotatable bonds is 4. The van der Waals surface area contributed by atoms with Crippen LogP contribution in [0, 0.1) is 5.82 Å². The highest BCUT2D eigenvalue weighted by molar-refractivity contribution is 5.30. The van der Waals surface area contributed by atoms with Crippen LogP contribution >= 0.6 is 0 Å². The van der Waals surface area contributed by atoms with Crippen LogP contribution in [0.15, 0.2) is 18.2 Å². The molecule has 1 heterocycles. The van der Waals surface area contributed by atoms with E-state index in [1.54, 1.807) is 19.1 Å². The molecule has 1 aliphatic heterocycles. The Kier molecular flexibility index (Phi) is 4.18. The summed E-state index contributed by atoms with van der Waals surface area (Å²) in [4.78, 5) is 0. The number of halogens is 1. The van der Waals surface area contributed by atoms with Crippen LogP contribution in [-0.4, -0.2) is 23.4 Å². The molecule has 0 radical (unpaired) electrons. The average Bonchev–Trinajstić information content (AvgIpc) is 3.07. The Morgan fingerprint density at radius 3 is 2.81 bits per heavy atom. The Balaban J connectivity index is 1.55. The fourth-order valence-electron chi connectivity index (χ4n) is 3.53. The minimum atomic E-state index is -0.806. The van der Waals surface area contributed by atoms with E-state index >= 15 is 0 Å². The quantitative estimate of drug-likeness (QED) is 0.919. The van der Waals surface area contributed by atoms with Gasteiger partial charge in [-0.2, -0.15) is 0 Å². The second-order valence-electron chi connectivity index (χ2n) is 6.34. The minimum absolute atomic E-state index is 0.107. The van der Waals surface area contributed by atoms with E-state index in [4.69, 9.17) is 9.47 Å². The molecule has 2 fully saturated rings. The van der Waals surface area contributed by atoms with Crippen LogP contribution in [-0.2, 0) is 4.74 Å². The maximum absolute atomic E-state index is 13.8. The Morgan fingerprint density at radius 2 is 2.14 bits per heavy atom. The molecule has 3 nitrogen and oxygen atoms in total. The summed E-state index contributed by atoms with van der Waals surface area (Å²) in [7, 11) is 0. The van der Waals surface area contributed by atoms with Gasteiger partial charge >= 0.3 is 0 Å². The van der Waals surface area contributed by atoms with E-state index in [0.29, 0.717) is 17.9 Å². The third-order valence-electron chi connectivity index (χ3n) is 4.71. The van der Waals surface area contributed by atoms with Crippen molar-refractivity contribution in [2.45, 2.75) is 63.3 Å². The highest BCUT2D eigenvalue weighted by Gasteiger charge is 2.42. The van der Waals surface area contributed by atoms with E-state index < -0.39 is 11.9 Å². The summed E-state index contributed by atoms with van der Waals surface area (Å²) < 4.78 is 25.6. The van der Waals surface area contributed by atoms with Crippen LogP contribution in [0.4, 0.5) is 4.39 Å². The molecule has 1 saturated heterocycles. The van der Waals surface area contributed by atoms with Gasteiger partial charge in [-0.25, -0.2) is 4.39 Å². The summed E-state index contributed by atoms with van der Waals surface area (Å²) in [6.45, 7) is 2.02. The zero-order valence-corrected chi connectivity index (χ0v) is 12.5. The molecular formula is C17H23FO3. The zero-order valence-electron chi connectivity index (χ0n) is 12.5. The van der Waals surface area contributed by atoms with E-state index in [0.717, 1.165) is 12.8 Å². The van der Waals surface area contributed by atoms with Gasteiger partial charge in [-0.05, 0) is 44.7 Å². The lowest BCUT2D eigenvalue weighted by molar-refractivity contribution is -0.0509. The van der Waals surface area contributed by atoms with Crippen LogP contribution in [0.1, 0.15) is 57.1 Å². The Labute approximate surface area is 125 Å². The predicted octanol–water partition coefficient (Wildman–Crippen LogP) is 3.75. The molecule has 4 heteroatoms. The van der Waals surface area contributed by atoms with Gasteiger partial charge in [0.1, 0.15) is 18.2 Å². The first kappa shape index (κ1) is 14.8. The molecule has 2 atom stereocenters. The largest absolute Gasteiger partial charge is 0.491 e. The third kappa shape index (κ3) is 3.22. The van der Waals surface area contributed by atoms with Crippen molar-refractivity contribution in [2.75, 3.05) is 6.61 Å². The van der Waals surface area contributed by atoms with Gasteiger partial charge in [0.2, 0.25) is 0 Å². The molecule has 0 bridgehead atoms. The molecule has 1 aromatic carbocycles. The summed E-state index contributed by atoms with van der Waals surface area (Å²) >= 11 is 0. The molecule has 116 valence electrons. The maximum Gasteiger partial charge on any atom is 0.132 e. The Bertz CT molecular complexity index is 495. The van der Waals surface area contributed by atoms with Crippen molar-refractivity contribution in [2.24, 2.45) is 0 Å². The predicted molar refractivity (Wildman–Crippen MR) is 77.8 cm³/mol. The number of benzene rings is 1. The number of ether oxygens (including phenoxy) is 2. The second kappa shape index (κ2) is 5.93. The first-order valence-corrected chi connectivity index (χ1v) is 7.86. The van der Waals surface area contributed by atoms with Crippen molar-refractivity contribution in [1.29, 1.82) is 0 Å². The molecule has 1 spiro atoms. The summed E-state index contributed by atoms with van der Waals surface area (Å²) in [6.07, 6.45) is 6.31. The van der Waals surface area contributed by atoms with Gasteiger partial charge < -0.3 is 14.6 Å². The smallest absolute Gasteiger partial charge is 0.132 e. The van der Waals surface area contributed by atoms with E-state index in [9.17, 15) is 9.50 Å². The first-order valence-electron chi connectivity index (χ1n) is 7.86. The lowest BCUT2D eigenvalue weighted by Crippen LogP contribution is -2.27. The normalized spacial score (nSPS) is 25.4. The van der Waals surface area contributed by atoms with E-state index in [-0.39, 0.29) is 11.7 Å². The summed E-state index contributed by atoms with van der Waals surface area (Å²) in [5, 5.41) is 9.41. The molecule has 1 aromatic rings. The molecule has 3 rings (SSSR count). The molecule has 1 saturated carbocycles. The fourth-order valence-corrected chi connectivity index (χ4v) is 3.53. The Hall–Kier alpha value is -1.13. The van der Waals surface area contributed by atoms with Crippen LogP contribution < -0.4 is 4.74 Å². The lowest BCUT2D eigenvalue weighted by atomic mass is 9.98. The second-order valence-corrected chi connectivity index (χ2v) is 6.34. The van der Waals surface area contributed by atoms with Crippen molar-refractivity contribution in [3.05, 3.63) is 29.6 Å². The van der Waals surface area contributed by atoms with E-state index in [1.807, 2.05) is 0 Å². The van der Waals surface area contributed by atoms with Gasteiger partial charge in [0.25, 0.3) is 0 Å². The van der Waals surface area contributed by atoms with Crippen molar-refractivity contribution in [3.63, 3.8) is 0 Å². The van der Waals surface area contributed by atoms with Gasteiger partial charge in [0.15, 0.2) is 0 Å². The van der Waals surface area contributed by atoms with E-state index in [1.165, 1.54) is 31.7 Å². The van der Waals surface area contributed by atoms with Crippen molar-refractivity contribution in [3.8, 4) is 5.75 Å². The van der Waals surface area contributed by atoms with Gasteiger partial charge in [-0.1, -0.05) is 12.8 Å². The van der Waals surface area contributed by atoms with Crippen LogP contribution in [0.25, 0.3) is 0 Å². The summed E-state index contributed by atoms with van der Waals surface area (Å²) in [5.74, 6) is 0.0648. The average molecular weight is 294 g/mol. The highest BCUT2D eigenvalue weighted by Crippen LogP contribution is 2.43. The van der Waals surface area contributed by atoms with Gasteiger partial charge in [0, 0.05) is 11.6 Å². The van der Waals surface area contributed by atoms with Crippen molar-refractivity contribution in [1.82, 2.24) is 0 Å². The van der Waals surface area contributed by atoms with Gasteiger partial charge in [-0.3, -0.25) is 0 Å². The van der Waals surface area contributed by atoms with Crippen LogP contribution in [0.2, 0.25) is 0 Å².